The molecular formula is C15H18ClN3O3. The molecule has 6 nitrogen and oxygen atoms in total. The van der Waals surface area contributed by atoms with Crippen LogP contribution in [-0.2, 0) is 14.4 Å². The average Bonchev–Trinajstić information content (AvgIpc) is 2.85. The minimum absolute atomic E-state index is 0.0933. The molecule has 1 unspecified atom stereocenters. The van der Waals surface area contributed by atoms with E-state index in [4.69, 9.17) is 11.6 Å². The number of carbonyl (C=O) groups excluding carboxylic acids is 3. The summed E-state index contributed by atoms with van der Waals surface area (Å²) in [4.78, 5) is 36.4. The van der Waals surface area contributed by atoms with Crippen LogP contribution in [0.25, 0.3) is 0 Å². The highest BCUT2D eigenvalue weighted by Crippen LogP contribution is 2.27. The second kappa shape index (κ2) is 7.26. The molecule has 0 bridgehead atoms. The van der Waals surface area contributed by atoms with Gasteiger partial charge in [-0.05, 0) is 18.2 Å². The van der Waals surface area contributed by atoms with Crippen molar-refractivity contribution in [3.63, 3.8) is 0 Å². The fraction of sp³-hybridized carbons (Fsp3) is 0.400. The molecule has 7 heteroatoms. The fourth-order valence-corrected chi connectivity index (χ4v) is 2.53. The average molecular weight is 324 g/mol. The van der Waals surface area contributed by atoms with Crippen LogP contribution in [0.5, 0.6) is 0 Å². The van der Waals surface area contributed by atoms with E-state index in [1.165, 1.54) is 6.92 Å². The van der Waals surface area contributed by atoms with Crippen molar-refractivity contribution in [2.75, 3.05) is 24.5 Å². The Hall–Kier alpha value is -2.08. The Balaban J connectivity index is 1.89. The molecule has 2 N–H and O–H groups in total. The molecule has 118 valence electrons. The van der Waals surface area contributed by atoms with E-state index in [2.05, 4.69) is 10.6 Å². The number of nitrogens with one attached hydrogen (secondary N) is 2. The molecule has 0 spiro atoms. The van der Waals surface area contributed by atoms with E-state index in [0.717, 1.165) is 0 Å². The predicted octanol–water partition coefficient (Wildman–Crippen LogP) is 0.945. The first-order valence-corrected chi connectivity index (χ1v) is 7.43. The Morgan fingerprint density at radius 3 is 2.73 bits per heavy atom. The van der Waals surface area contributed by atoms with Gasteiger partial charge in [-0.15, -0.1) is 0 Å². The normalized spacial score (nSPS) is 17.5. The molecule has 0 saturated carbocycles. The van der Waals surface area contributed by atoms with Crippen LogP contribution in [0.15, 0.2) is 24.3 Å². The van der Waals surface area contributed by atoms with Crippen molar-refractivity contribution in [2.24, 2.45) is 5.92 Å². The van der Waals surface area contributed by atoms with Crippen molar-refractivity contribution in [3.8, 4) is 0 Å². The monoisotopic (exact) mass is 323 g/mol. The summed E-state index contributed by atoms with van der Waals surface area (Å²) in [5.41, 5.74) is 0.700. The summed E-state index contributed by atoms with van der Waals surface area (Å²) in [6.07, 6.45) is 0.179. The highest BCUT2D eigenvalue weighted by atomic mass is 35.5. The summed E-state index contributed by atoms with van der Waals surface area (Å²) < 4.78 is 0. The van der Waals surface area contributed by atoms with Gasteiger partial charge in [0.25, 0.3) is 0 Å². The zero-order chi connectivity index (χ0) is 16.1. The van der Waals surface area contributed by atoms with Crippen LogP contribution in [0.1, 0.15) is 13.3 Å². The van der Waals surface area contributed by atoms with E-state index in [0.29, 0.717) is 30.3 Å². The molecule has 1 aliphatic rings. The summed E-state index contributed by atoms with van der Waals surface area (Å²) in [5.74, 6) is -0.797. The Kier molecular flexibility index (Phi) is 5.38. The summed E-state index contributed by atoms with van der Waals surface area (Å²) in [6, 6.07) is 7.00. The van der Waals surface area contributed by atoms with Crippen LogP contribution in [0.4, 0.5) is 5.69 Å². The Morgan fingerprint density at radius 1 is 1.32 bits per heavy atom. The van der Waals surface area contributed by atoms with Crippen LogP contribution < -0.4 is 15.5 Å². The molecule has 22 heavy (non-hydrogen) atoms. The largest absolute Gasteiger partial charge is 0.355 e. The quantitative estimate of drug-likeness (QED) is 0.792. The van der Waals surface area contributed by atoms with Gasteiger partial charge in [0.2, 0.25) is 17.7 Å². The molecule has 3 amide bonds. The topological polar surface area (TPSA) is 78.5 Å². The van der Waals surface area contributed by atoms with Gasteiger partial charge in [-0.1, -0.05) is 17.7 Å². The van der Waals surface area contributed by atoms with Crippen LogP contribution in [0.3, 0.4) is 0 Å². The molecule has 1 saturated heterocycles. The van der Waals surface area contributed by atoms with E-state index in [-0.39, 0.29) is 30.1 Å². The first-order valence-electron chi connectivity index (χ1n) is 7.05. The summed E-state index contributed by atoms with van der Waals surface area (Å²) in [5, 5.41) is 5.87. The molecular weight excluding hydrogens is 306 g/mol. The van der Waals surface area contributed by atoms with Crippen molar-refractivity contribution in [1.29, 1.82) is 0 Å². The van der Waals surface area contributed by atoms with E-state index in [9.17, 15) is 14.4 Å². The van der Waals surface area contributed by atoms with Gasteiger partial charge >= 0.3 is 0 Å². The minimum Gasteiger partial charge on any atom is -0.355 e. The van der Waals surface area contributed by atoms with E-state index < -0.39 is 0 Å². The molecule has 1 atom stereocenters. The summed E-state index contributed by atoms with van der Waals surface area (Å²) in [6.45, 7) is 2.48. The lowest BCUT2D eigenvalue weighted by Gasteiger charge is -2.17. The van der Waals surface area contributed by atoms with Gasteiger partial charge < -0.3 is 15.5 Å². The van der Waals surface area contributed by atoms with Gasteiger partial charge in [0.15, 0.2) is 0 Å². The lowest BCUT2D eigenvalue weighted by Crippen LogP contribution is -2.37. The molecule has 1 heterocycles. The third kappa shape index (κ3) is 4.21. The molecule has 0 radical (unpaired) electrons. The van der Waals surface area contributed by atoms with Crippen molar-refractivity contribution in [3.05, 3.63) is 29.3 Å². The minimum atomic E-state index is -0.385. The smallest absolute Gasteiger partial charge is 0.227 e. The molecule has 1 aliphatic heterocycles. The maximum absolute atomic E-state index is 12.1. The van der Waals surface area contributed by atoms with Crippen LogP contribution in [0, 0.1) is 5.92 Å². The van der Waals surface area contributed by atoms with Gasteiger partial charge in [0, 0.05) is 43.7 Å². The molecule has 2 rings (SSSR count). The van der Waals surface area contributed by atoms with Crippen molar-refractivity contribution in [2.45, 2.75) is 13.3 Å². The number of anilines is 1. The standard InChI is InChI=1S/C15H18ClN3O3/c1-10(20)17-5-6-18-15(22)11-7-14(21)19(9-11)13-4-2-3-12(16)8-13/h2-4,8,11H,5-7,9H2,1H3,(H,17,20)(H,18,22). The van der Waals surface area contributed by atoms with Gasteiger partial charge in [0.1, 0.15) is 0 Å². The van der Waals surface area contributed by atoms with Gasteiger partial charge in [-0.3, -0.25) is 14.4 Å². The van der Waals surface area contributed by atoms with Crippen molar-refractivity contribution >= 4 is 35.0 Å². The van der Waals surface area contributed by atoms with E-state index in [1.54, 1.807) is 29.2 Å². The number of amides is 3. The highest BCUT2D eigenvalue weighted by molar-refractivity contribution is 6.30. The number of carbonyl (C=O) groups is 3. The third-order valence-corrected chi connectivity index (χ3v) is 3.65. The first kappa shape index (κ1) is 16.3. The lowest BCUT2D eigenvalue weighted by molar-refractivity contribution is -0.126. The maximum Gasteiger partial charge on any atom is 0.227 e. The lowest BCUT2D eigenvalue weighted by atomic mass is 10.1. The fourth-order valence-electron chi connectivity index (χ4n) is 2.35. The highest BCUT2D eigenvalue weighted by Gasteiger charge is 2.34. The Bertz CT molecular complexity index is 591. The molecule has 1 fully saturated rings. The molecule has 0 aliphatic carbocycles. The van der Waals surface area contributed by atoms with Crippen LogP contribution in [-0.4, -0.2) is 37.4 Å². The number of nitrogens with zero attached hydrogens (tertiary/aromatic N) is 1. The Morgan fingerprint density at radius 2 is 2.05 bits per heavy atom. The van der Waals surface area contributed by atoms with E-state index in [1.807, 2.05) is 0 Å². The van der Waals surface area contributed by atoms with Crippen LogP contribution >= 0.6 is 11.6 Å². The van der Waals surface area contributed by atoms with Crippen molar-refractivity contribution < 1.29 is 14.4 Å². The number of rotatable bonds is 5. The molecule has 1 aromatic carbocycles. The number of halogens is 1. The second-order valence-electron chi connectivity index (χ2n) is 5.16. The zero-order valence-corrected chi connectivity index (χ0v) is 13.0. The molecule has 1 aromatic rings. The SMILES string of the molecule is CC(=O)NCCNC(=O)C1CC(=O)N(c2cccc(Cl)c2)C1. The van der Waals surface area contributed by atoms with Gasteiger partial charge in [0.05, 0.1) is 5.92 Å². The number of hydrogen-bond acceptors (Lipinski definition) is 3. The van der Waals surface area contributed by atoms with Crippen molar-refractivity contribution in [1.82, 2.24) is 10.6 Å². The molecule has 0 aromatic heterocycles. The number of hydrogen-bond donors (Lipinski definition) is 2. The zero-order valence-electron chi connectivity index (χ0n) is 12.3. The van der Waals surface area contributed by atoms with Gasteiger partial charge in [-0.25, -0.2) is 0 Å². The third-order valence-electron chi connectivity index (χ3n) is 3.41. The van der Waals surface area contributed by atoms with Gasteiger partial charge in [-0.2, -0.15) is 0 Å². The van der Waals surface area contributed by atoms with Crippen LogP contribution in [0.2, 0.25) is 5.02 Å². The Labute approximate surface area is 133 Å². The maximum atomic E-state index is 12.1. The number of benzene rings is 1. The summed E-state index contributed by atoms with van der Waals surface area (Å²) in [7, 11) is 0. The predicted molar refractivity (Wildman–Crippen MR) is 83.6 cm³/mol. The first-order chi connectivity index (χ1) is 10.5. The van der Waals surface area contributed by atoms with E-state index >= 15 is 0 Å². The second-order valence-corrected chi connectivity index (χ2v) is 5.60. The summed E-state index contributed by atoms with van der Waals surface area (Å²) >= 11 is 5.93.